The van der Waals surface area contributed by atoms with E-state index in [2.05, 4.69) is 5.16 Å². The zero-order valence-corrected chi connectivity index (χ0v) is 14.1. The number of nitrogens with zero attached hydrogens (tertiary/aromatic N) is 3. The molecular formula is C15H23ClN4O3. The molecule has 0 radical (unpaired) electrons. The van der Waals surface area contributed by atoms with E-state index in [1.54, 1.807) is 17.9 Å². The zero-order valence-electron chi connectivity index (χ0n) is 13.3. The first kappa shape index (κ1) is 17.7. The maximum atomic E-state index is 12.3. The minimum atomic E-state index is -0.290. The first-order chi connectivity index (χ1) is 10.5. The third-order valence-electron chi connectivity index (χ3n) is 4.61. The Bertz CT molecular complexity index is 577. The summed E-state index contributed by atoms with van der Waals surface area (Å²) in [6.07, 6.45) is 3.40. The molecule has 3 rings (SSSR count). The van der Waals surface area contributed by atoms with Gasteiger partial charge in [0.2, 0.25) is 11.7 Å². The van der Waals surface area contributed by atoms with E-state index in [1.165, 1.54) is 0 Å². The second-order valence-corrected chi connectivity index (χ2v) is 6.40. The van der Waals surface area contributed by atoms with Gasteiger partial charge in [-0.05, 0) is 26.2 Å². The Labute approximate surface area is 141 Å². The second kappa shape index (κ2) is 6.88. The first-order valence-electron chi connectivity index (χ1n) is 7.76. The molecule has 0 spiro atoms. The van der Waals surface area contributed by atoms with E-state index in [1.807, 2.05) is 4.90 Å². The largest absolute Gasteiger partial charge is 0.351 e. The fourth-order valence-corrected chi connectivity index (χ4v) is 3.00. The lowest BCUT2D eigenvalue weighted by Gasteiger charge is -2.40. The Morgan fingerprint density at radius 3 is 2.35 bits per heavy atom. The van der Waals surface area contributed by atoms with Gasteiger partial charge in [-0.25, -0.2) is 0 Å². The van der Waals surface area contributed by atoms with Crippen molar-refractivity contribution >= 4 is 24.2 Å². The van der Waals surface area contributed by atoms with Crippen LogP contribution in [0.25, 0.3) is 0 Å². The molecule has 128 valence electrons. The van der Waals surface area contributed by atoms with Crippen LogP contribution in [0.4, 0.5) is 0 Å². The van der Waals surface area contributed by atoms with Gasteiger partial charge >= 0.3 is 0 Å². The van der Waals surface area contributed by atoms with Crippen LogP contribution < -0.4 is 5.73 Å². The number of carbonyl (C=O) groups is 2. The average molecular weight is 343 g/mol. The van der Waals surface area contributed by atoms with Gasteiger partial charge in [0.05, 0.1) is 5.69 Å². The number of aromatic nitrogens is 1. The SMILES string of the molecule is Cc1cc(C(=O)N2CCN(C(=O)CC3(N)CCC3)CC2)on1.Cl. The molecule has 23 heavy (non-hydrogen) atoms. The van der Waals surface area contributed by atoms with Crippen molar-refractivity contribution in [2.24, 2.45) is 5.73 Å². The molecule has 2 fully saturated rings. The number of rotatable bonds is 3. The van der Waals surface area contributed by atoms with Gasteiger partial charge in [-0.15, -0.1) is 12.4 Å². The third-order valence-corrected chi connectivity index (χ3v) is 4.61. The van der Waals surface area contributed by atoms with Gasteiger partial charge < -0.3 is 20.1 Å². The molecule has 0 aromatic carbocycles. The van der Waals surface area contributed by atoms with Gasteiger partial charge in [0, 0.05) is 44.2 Å². The molecule has 0 unspecified atom stereocenters. The molecule has 8 heteroatoms. The minimum Gasteiger partial charge on any atom is -0.351 e. The lowest BCUT2D eigenvalue weighted by Crippen LogP contribution is -2.54. The van der Waals surface area contributed by atoms with Crippen LogP contribution in [0, 0.1) is 6.92 Å². The molecule has 2 heterocycles. The van der Waals surface area contributed by atoms with Crippen LogP contribution >= 0.6 is 12.4 Å². The number of amides is 2. The highest BCUT2D eigenvalue weighted by atomic mass is 35.5. The monoisotopic (exact) mass is 342 g/mol. The van der Waals surface area contributed by atoms with E-state index in [0.717, 1.165) is 19.3 Å². The van der Waals surface area contributed by atoms with Gasteiger partial charge in [0.1, 0.15) is 0 Å². The second-order valence-electron chi connectivity index (χ2n) is 6.40. The predicted molar refractivity (Wildman–Crippen MR) is 86.4 cm³/mol. The molecule has 7 nitrogen and oxygen atoms in total. The summed E-state index contributed by atoms with van der Waals surface area (Å²) in [5.74, 6) is 0.194. The van der Waals surface area contributed by atoms with Crippen LogP contribution in [-0.2, 0) is 4.79 Å². The highest BCUT2D eigenvalue weighted by Gasteiger charge is 2.37. The minimum absolute atomic E-state index is 0. The van der Waals surface area contributed by atoms with E-state index < -0.39 is 0 Å². The van der Waals surface area contributed by atoms with Crippen LogP contribution in [0.2, 0.25) is 0 Å². The molecule has 1 aromatic rings. The van der Waals surface area contributed by atoms with Crippen molar-refractivity contribution < 1.29 is 14.1 Å². The normalized spacial score (nSPS) is 19.7. The summed E-state index contributed by atoms with van der Waals surface area (Å²) >= 11 is 0. The molecule has 2 aliphatic rings. The van der Waals surface area contributed by atoms with E-state index in [4.69, 9.17) is 10.3 Å². The average Bonchev–Trinajstić information content (AvgIpc) is 2.91. The summed E-state index contributed by atoms with van der Waals surface area (Å²) in [7, 11) is 0. The van der Waals surface area contributed by atoms with Crippen LogP contribution in [0.5, 0.6) is 0 Å². The number of nitrogens with two attached hydrogens (primary N) is 1. The number of halogens is 1. The van der Waals surface area contributed by atoms with Crippen LogP contribution in [0.3, 0.4) is 0 Å². The molecular weight excluding hydrogens is 320 g/mol. The van der Waals surface area contributed by atoms with Gasteiger partial charge in [0.15, 0.2) is 0 Å². The van der Waals surface area contributed by atoms with Crippen molar-refractivity contribution in [2.75, 3.05) is 26.2 Å². The van der Waals surface area contributed by atoms with E-state index >= 15 is 0 Å². The van der Waals surface area contributed by atoms with Gasteiger partial charge in [-0.3, -0.25) is 9.59 Å². The lowest BCUT2D eigenvalue weighted by molar-refractivity contribution is -0.134. The van der Waals surface area contributed by atoms with E-state index in [0.29, 0.717) is 38.3 Å². The topological polar surface area (TPSA) is 92.7 Å². The fraction of sp³-hybridized carbons (Fsp3) is 0.667. The molecule has 1 saturated heterocycles. The molecule has 1 saturated carbocycles. The smallest absolute Gasteiger partial charge is 0.292 e. The Morgan fingerprint density at radius 2 is 1.87 bits per heavy atom. The summed E-state index contributed by atoms with van der Waals surface area (Å²) in [5.41, 5.74) is 6.53. The standard InChI is InChI=1S/C15H22N4O3.ClH/c1-11-9-12(22-17-11)14(21)19-7-5-18(6-8-19)13(20)10-15(16)3-2-4-15;/h9H,2-8,10,16H2,1H3;1H. The van der Waals surface area contributed by atoms with Crippen molar-refractivity contribution in [1.29, 1.82) is 0 Å². The zero-order chi connectivity index (χ0) is 15.7. The molecule has 2 amide bonds. The summed E-state index contributed by atoms with van der Waals surface area (Å²) in [6, 6.07) is 1.63. The molecule has 0 atom stereocenters. The van der Waals surface area contributed by atoms with Gasteiger partial charge in [-0.2, -0.15) is 0 Å². The van der Waals surface area contributed by atoms with E-state index in [9.17, 15) is 9.59 Å². The quantitative estimate of drug-likeness (QED) is 0.883. The molecule has 2 N–H and O–H groups in total. The number of piperazine rings is 1. The maximum absolute atomic E-state index is 12.3. The maximum Gasteiger partial charge on any atom is 0.292 e. The molecule has 1 aliphatic carbocycles. The van der Waals surface area contributed by atoms with Gasteiger partial charge in [0.25, 0.3) is 5.91 Å². The van der Waals surface area contributed by atoms with Gasteiger partial charge in [-0.1, -0.05) is 5.16 Å². The van der Waals surface area contributed by atoms with Crippen molar-refractivity contribution in [2.45, 2.75) is 38.1 Å². The highest BCUT2D eigenvalue weighted by Crippen LogP contribution is 2.32. The van der Waals surface area contributed by atoms with Crippen LogP contribution in [0.1, 0.15) is 41.9 Å². The summed E-state index contributed by atoms with van der Waals surface area (Å²) in [6.45, 7) is 3.91. The van der Waals surface area contributed by atoms with Crippen LogP contribution in [0.15, 0.2) is 10.6 Å². The van der Waals surface area contributed by atoms with Crippen molar-refractivity contribution in [3.63, 3.8) is 0 Å². The number of hydrogen-bond acceptors (Lipinski definition) is 5. The van der Waals surface area contributed by atoms with Crippen molar-refractivity contribution in [3.05, 3.63) is 17.5 Å². The summed E-state index contributed by atoms with van der Waals surface area (Å²) < 4.78 is 5.00. The lowest BCUT2D eigenvalue weighted by atomic mass is 9.75. The number of carbonyl (C=O) groups excluding carboxylic acids is 2. The van der Waals surface area contributed by atoms with Crippen LogP contribution in [-0.4, -0.2) is 58.5 Å². The molecule has 0 bridgehead atoms. The first-order valence-corrected chi connectivity index (χ1v) is 7.76. The van der Waals surface area contributed by atoms with E-state index in [-0.39, 0.29) is 35.5 Å². The Kier molecular flexibility index (Phi) is 5.31. The Hall–Kier alpha value is -1.60. The number of hydrogen-bond donors (Lipinski definition) is 1. The highest BCUT2D eigenvalue weighted by molar-refractivity contribution is 5.91. The molecule has 1 aromatic heterocycles. The predicted octanol–water partition coefficient (Wildman–Crippen LogP) is 0.961. The summed E-state index contributed by atoms with van der Waals surface area (Å²) in [5, 5.41) is 3.73. The Morgan fingerprint density at radius 1 is 1.26 bits per heavy atom. The third kappa shape index (κ3) is 3.84. The van der Waals surface area contributed by atoms with Crippen molar-refractivity contribution in [1.82, 2.24) is 15.0 Å². The van der Waals surface area contributed by atoms with Crippen molar-refractivity contribution in [3.8, 4) is 0 Å². The number of aryl methyl sites for hydroxylation is 1. The molecule has 1 aliphatic heterocycles. The Balaban J connectivity index is 0.00000192. The summed E-state index contributed by atoms with van der Waals surface area (Å²) in [4.78, 5) is 28.0. The fourth-order valence-electron chi connectivity index (χ4n) is 3.00.